The number of anilines is 3. The van der Waals surface area contributed by atoms with Gasteiger partial charge < -0.3 is 5.32 Å². The summed E-state index contributed by atoms with van der Waals surface area (Å²) in [5, 5.41) is 4.84. The van der Waals surface area contributed by atoms with Crippen LogP contribution in [0.3, 0.4) is 0 Å². The van der Waals surface area contributed by atoms with Gasteiger partial charge in [-0.1, -0.05) is 48.0 Å². The zero-order valence-corrected chi connectivity index (χ0v) is 24.0. The molecule has 41 heavy (non-hydrogen) atoms. The van der Waals surface area contributed by atoms with E-state index in [-0.39, 0.29) is 9.79 Å². The molecule has 5 rings (SSSR count). The van der Waals surface area contributed by atoms with Gasteiger partial charge in [0.1, 0.15) is 0 Å². The number of halogens is 1. The van der Waals surface area contributed by atoms with Gasteiger partial charge in [0, 0.05) is 28.7 Å². The quantitative estimate of drug-likeness (QED) is 0.213. The fourth-order valence-electron chi connectivity index (χ4n) is 4.16. The van der Waals surface area contributed by atoms with E-state index in [1.807, 2.05) is 30.3 Å². The monoisotopic (exact) mass is 605 g/mol. The normalized spacial score (nSPS) is 11.7. The molecule has 5 aromatic rings. The molecule has 11 heteroatoms. The van der Waals surface area contributed by atoms with Crippen molar-refractivity contribution >= 4 is 65.4 Å². The zero-order chi connectivity index (χ0) is 29.2. The Labute approximate surface area is 243 Å². The van der Waals surface area contributed by atoms with Gasteiger partial charge >= 0.3 is 0 Å². The summed E-state index contributed by atoms with van der Waals surface area (Å²) < 4.78 is 55.6. The molecule has 208 valence electrons. The lowest BCUT2D eigenvalue weighted by Gasteiger charge is -2.20. The summed E-state index contributed by atoms with van der Waals surface area (Å²) in [5.41, 5.74) is 1.52. The van der Waals surface area contributed by atoms with Gasteiger partial charge in [-0.25, -0.2) is 16.8 Å². The fraction of sp³-hybridized carbons (Fsp3) is 0.0333. The van der Waals surface area contributed by atoms with Crippen molar-refractivity contribution in [2.24, 2.45) is 0 Å². The second-order valence-corrected chi connectivity index (χ2v) is 13.2. The van der Waals surface area contributed by atoms with Crippen LogP contribution in [0, 0.1) is 0 Å². The van der Waals surface area contributed by atoms with Crippen LogP contribution in [0.2, 0.25) is 5.02 Å². The van der Waals surface area contributed by atoms with Crippen molar-refractivity contribution in [3.8, 4) is 0 Å². The minimum atomic E-state index is -3.87. The molecule has 0 heterocycles. The van der Waals surface area contributed by atoms with Gasteiger partial charge in [-0.05, 0) is 84.2 Å². The van der Waals surface area contributed by atoms with E-state index in [9.17, 15) is 21.6 Å². The summed E-state index contributed by atoms with van der Waals surface area (Å²) in [4.78, 5) is 12.9. The largest absolute Gasteiger partial charge is 0.322 e. The lowest BCUT2D eigenvalue weighted by Crippen LogP contribution is -2.26. The van der Waals surface area contributed by atoms with Crippen molar-refractivity contribution in [2.75, 3.05) is 21.4 Å². The number of carbonyl (C=O) groups is 1. The second kappa shape index (κ2) is 11.2. The molecule has 0 fully saturated rings. The first-order valence-corrected chi connectivity index (χ1v) is 15.6. The maximum absolute atomic E-state index is 13.0. The molecule has 1 amide bonds. The summed E-state index contributed by atoms with van der Waals surface area (Å²) >= 11 is 5.86. The third kappa shape index (κ3) is 6.04. The van der Waals surface area contributed by atoms with Gasteiger partial charge in [-0.2, -0.15) is 0 Å². The molecule has 0 radical (unpaired) electrons. The number of rotatable bonds is 8. The van der Waals surface area contributed by atoms with Crippen LogP contribution in [0.5, 0.6) is 0 Å². The average Bonchev–Trinajstić information content (AvgIpc) is 2.97. The second-order valence-electron chi connectivity index (χ2n) is 9.08. The van der Waals surface area contributed by atoms with Crippen LogP contribution >= 0.6 is 11.6 Å². The highest BCUT2D eigenvalue weighted by Crippen LogP contribution is 2.27. The third-order valence-electron chi connectivity index (χ3n) is 6.42. The highest BCUT2D eigenvalue weighted by molar-refractivity contribution is 7.93. The molecule has 5 aromatic carbocycles. The molecule has 0 atom stereocenters. The molecule has 0 aliphatic carbocycles. The third-order valence-corrected chi connectivity index (χ3v) is 9.85. The first-order valence-electron chi connectivity index (χ1n) is 12.3. The Kier molecular flexibility index (Phi) is 7.72. The summed E-state index contributed by atoms with van der Waals surface area (Å²) in [7, 11) is -6.27. The Hall–Kier alpha value is -4.38. The Morgan fingerprint density at radius 3 is 2.00 bits per heavy atom. The molecule has 0 aliphatic rings. The smallest absolute Gasteiger partial charge is 0.264 e. The minimum absolute atomic E-state index is 0.0396. The van der Waals surface area contributed by atoms with Crippen molar-refractivity contribution in [1.29, 1.82) is 0 Å². The van der Waals surface area contributed by atoms with E-state index in [4.69, 9.17) is 11.6 Å². The Bertz CT molecular complexity index is 1940. The van der Waals surface area contributed by atoms with E-state index in [2.05, 4.69) is 10.0 Å². The topological polar surface area (TPSA) is 113 Å². The van der Waals surface area contributed by atoms with Crippen LogP contribution in [-0.2, 0) is 20.0 Å². The molecule has 2 N–H and O–H groups in total. The predicted octanol–water partition coefficient (Wildman–Crippen LogP) is 6.37. The summed E-state index contributed by atoms with van der Waals surface area (Å²) in [6.45, 7) is 0. The van der Waals surface area contributed by atoms with Crippen LogP contribution in [0.1, 0.15) is 10.4 Å². The molecule has 0 saturated carbocycles. The molecular formula is C30H24ClN3O5S2. The van der Waals surface area contributed by atoms with Gasteiger partial charge in [0.2, 0.25) is 0 Å². The van der Waals surface area contributed by atoms with E-state index in [1.54, 1.807) is 12.1 Å². The van der Waals surface area contributed by atoms with Crippen molar-refractivity contribution in [3.63, 3.8) is 0 Å². The zero-order valence-electron chi connectivity index (χ0n) is 21.7. The molecule has 0 saturated heterocycles. The van der Waals surface area contributed by atoms with E-state index in [1.165, 1.54) is 79.8 Å². The Balaban J connectivity index is 1.26. The Morgan fingerprint density at radius 1 is 0.707 bits per heavy atom. The van der Waals surface area contributed by atoms with Crippen LogP contribution in [0.15, 0.2) is 125 Å². The number of sulfonamides is 2. The van der Waals surface area contributed by atoms with Gasteiger partial charge in [-0.15, -0.1) is 0 Å². The van der Waals surface area contributed by atoms with Gasteiger partial charge in [0.15, 0.2) is 0 Å². The molecule has 0 spiro atoms. The Morgan fingerprint density at radius 2 is 1.32 bits per heavy atom. The average molecular weight is 606 g/mol. The van der Waals surface area contributed by atoms with Crippen molar-refractivity contribution in [2.45, 2.75) is 9.79 Å². The minimum Gasteiger partial charge on any atom is -0.322 e. The van der Waals surface area contributed by atoms with Gasteiger partial charge in [0.25, 0.3) is 26.0 Å². The number of hydrogen-bond donors (Lipinski definition) is 2. The van der Waals surface area contributed by atoms with E-state index in [0.29, 0.717) is 27.6 Å². The maximum Gasteiger partial charge on any atom is 0.264 e. The van der Waals surface area contributed by atoms with Crippen LogP contribution in [0.4, 0.5) is 17.1 Å². The van der Waals surface area contributed by atoms with E-state index < -0.39 is 26.0 Å². The first-order chi connectivity index (χ1) is 19.5. The molecule has 0 bridgehead atoms. The number of nitrogens with one attached hydrogen (secondary N) is 2. The molecule has 0 aromatic heterocycles. The van der Waals surface area contributed by atoms with Crippen molar-refractivity contribution in [3.05, 3.63) is 126 Å². The molecule has 0 unspecified atom stereocenters. The number of hydrogen-bond acceptors (Lipinski definition) is 5. The highest BCUT2D eigenvalue weighted by Gasteiger charge is 2.22. The molecule has 0 aliphatic heterocycles. The molecular weight excluding hydrogens is 582 g/mol. The maximum atomic E-state index is 13.0. The van der Waals surface area contributed by atoms with E-state index in [0.717, 1.165) is 15.1 Å². The lowest BCUT2D eigenvalue weighted by molar-refractivity contribution is 0.102. The number of amides is 1. The fourth-order valence-corrected chi connectivity index (χ4v) is 6.57. The number of nitrogens with zero attached hydrogens (tertiary/aromatic N) is 1. The van der Waals surface area contributed by atoms with Crippen LogP contribution in [0.25, 0.3) is 10.8 Å². The SMILES string of the molecule is CN(c1ccc(C(=O)Nc2ccc(S(=O)(=O)Nc3cccc4ccccc34)cc2)cc1)S(=O)(=O)c1ccc(Cl)cc1. The standard InChI is InChI=1S/C30H24ClN3O5S2/c1-34(41(38,39)27-17-11-23(31)12-18-27)25-15-9-22(10-16-25)30(35)32-24-13-19-26(20-14-24)40(36,37)33-29-8-4-6-21-5-2-3-7-28(21)29/h2-20,33H,1H3,(H,32,35). The van der Waals surface area contributed by atoms with Gasteiger partial charge in [0.05, 0.1) is 21.2 Å². The van der Waals surface area contributed by atoms with Gasteiger partial charge in [-0.3, -0.25) is 13.8 Å². The van der Waals surface area contributed by atoms with Crippen LogP contribution in [-0.4, -0.2) is 29.8 Å². The lowest BCUT2D eigenvalue weighted by atomic mass is 10.1. The van der Waals surface area contributed by atoms with Crippen molar-refractivity contribution < 1.29 is 21.6 Å². The highest BCUT2D eigenvalue weighted by atomic mass is 35.5. The summed E-state index contributed by atoms with van der Waals surface area (Å²) in [6, 6.07) is 30.6. The van der Waals surface area contributed by atoms with Crippen molar-refractivity contribution in [1.82, 2.24) is 0 Å². The predicted molar refractivity (Wildman–Crippen MR) is 163 cm³/mol. The number of benzene rings is 5. The first kappa shape index (κ1) is 28.2. The van der Waals surface area contributed by atoms with E-state index >= 15 is 0 Å². The number of carbonyl (C=O) groups excluding carboxylic acids is 1. The van der Waals surface area contributed by atoms with Crippen LogP contribution < -0.4 is 14.3 Å². The number of fused-ring (bicyclic) bond motifs is 1. The molecule has 8 nitrogen and oxygen atoms in total. The summed E-state index contributed by atoms with van der Waals surface area (Å²) in [6.07, 6.45) is 0. The summed E-state index contributed by atoms with van der Waals surface area (Å²) in [5.74, 6) is -0.441.